The number of rotatable bonds is 5. The van der Waals surface area contributed by atoms with Crippen LogP contribution in [0.5, 0.6) is 0 Å². The first-order valence-corrected chi connectivity index (χ1v) is 6.73. The molecule has 2 rings (SSSR count). The Labute approximate surface area is 99.0 Å². The van der Waals surface area contributed by atoms with Crippen molar-refractivity contribution in [3.8, 4) is 0 Å². The van der Waals surface area contributed by atoms with Crippen LogP contribution in [0.2, 0.25) is 0 Å². The lowest BCUT2D eigenvalue weighted by molar-refractivity contribution is 0.250. The zero-order chi connectivity index (χ0) is 12.5. The Balaban J connectivity index is 2.33. The summed E-state index contributed by atoms with van der Waals surface area (Å²) < 4.78 is 38.5. The van der Waals surface area contributed by atoms with Crippen molar-refractivity contribution < 1.29 is 17.9 Å². The molecule has 7 heteroatoms. The molecule has 0 atom stereocenters. The van der Waals surface area contributed by atoms with Gasteiger partial charge in [0, 0.05) is 18.8 Å². The van der Waals surface area contributed by atoms with E-state index in [9.17, 15) is 12.8 Å². The third-order valence-electron chi connectivity index (χ3n) is 2.56. The minimum atomic E-state index is -3.75. The molecule has 0 unspecified atom stereocenters. The average Bonchev–Trinajstić information content (AvgIpc) is 3.09. The molecule has 1 fully saturated rings. The topological polar surface area (TPSA) is 70.5 Å². The first-order chi connectivity index (χ1) is 8.05. The van der Waals surface area contributed by atoms with E-state index in [2.05, 4.69) is 4.98 Å². The largest absolute Gasteiger partial charge is 0.395 e. The first kappa shape index (κ1) is 12.4. The maximum Gasteiger partial charge on any atom is 0.245 e. The zero-order valence-corrected chi connectivity index (χ0v) is 9.90. The first-order valence-electron chi connectivity index (χ1n) is 5.29. The Bertz CT molecular complexity index is 502. The van der Waals surface area contributed by atoms with Crippen molar-refractivity contribution in [3.05, 3.63) is 24.3 Å². The van der Waals surface area contributed by atoms with Crippen LogP contribution in [0.3, 0.4) is 0 Å². The molecule has 0 aromatic carbocycles. The van der Waals surface area contributed by atoms with Crippen LogP contribution in [0.15, 0.2) is 23.4 Å². The highest BCUT2D eigenvalue weighted by atomic mass is 32.2. The molecule has 0 aliphatic heterocycles. The SMILES string of the molecule is O=S(=O)(c1cncc(F)c1)N(CCO)C1CC1. The molecule has 0 spiro atoms. The fourth-order valence-corrected chi connectivity index (χ4v) is 3.28. The van der Waals surface area contributed by atoms with Crippen LogP contribution >= 0.6 is 0 Å². The van der Waals surface area contributed by atoms with E-state index >= 15 is 0 Å². The summed E-state index contributed by atoms with van der Waals surface area (Å²) in [6.45, 7) is -0.220. The standard InChI is InChI=1S/C10H13FN2O3S/c11-8-5-10(7-12-6-8)17(15,16)13(3-4-14)9-1-2-9/h5-7,9,14H,1-4H2. The summed E-state index contributed by atoms with van der Waals surface area (Å²) in [5.74, 6) is -0.689. The van der Waals surface area contributed by atoms with Crippen molar-refractivity contribution in [3.63, 3.8) is 0 Å². The van der Waals surface area contributed by atoms with Gasteiger partial charge in [0.05, 0.1) is 12.8 Å². The lowest BCUT2D eigenvalue weighted by Gasteiger charge is -2.20. The van der Waals surface area contributed by atoms with Crippen molar-refractivity contribution in [1.82, 2.24) is 9.29 Å². The van der Waals surface area contributed by atoms with Crippen LogP contribution in [0.4, 0.5) is 4.39 Å². The van der Waals surface area contributed by atoms with Gasteiger partial charge in [-0.25, -0.2) is 12.8 Å². The van der Waals surface area contributed by atoms with Gasteiger partial charge in [0.25, 0.3) is 0 Å². The number of hydrogen-bond donors (Lipinski definition) is 1. The second-order valence-electron chi connectivity index (χ2n) is 3.91. The van der Waals surface area contributed by atoms with Crippen molar-refractivity contribution in [2.45, 2.75) is 23.8 Å². The van der Waals surface area contributed by atoms with Crippen molar-refractivity contribution in [2.24, 2.45) is 0 Å². The highest BCUT2D eigenvalue weighted by Crippen LogP contribution is 2.31. The number of pyridine rings is 1. The predicted octanol–water partition coefficient (Wildman–Crippen LogP) is 0.366. The second-order valence-corrected chi connectivity index (χ2v) is 5.80. The lowest BCUT2D eigenvalue weighted by Crippen LogP contribution is -2.35. The molecule has 0 radical (unpaired) electrons. The van der Waals surface area contributed by atoms with Gasteiger partial charge in [-0.3, -0.25) is 4.98 Å². The Morgan fingerprint density at radius 1 is 1.47 bits per heavy atom. The van der Waals surface area contributed by atoms with Gasteiger partial charge in [-0.2, -0.15) is 4.31 Å². The minimum Gasteiger partial charge on any atom is -0.395 e. The Hall–Kier alpha value is -1.05. The summed E-state index contributed by atoms with van der Waals surface area (Å²) >= 11 is 0. The highest BCUT2D eigenvalue weighted by molar-refractivity contribution is 7.89. The van der Waals surface area contributed by atoms with Gasteiger partial charge in [-0.05, 0) is 18.9 Å². The quantitative estimate of drug-likeness (QED) is 0.830. The van der Waals surface area contributed by atoms with E-state index in [0.717, 1.165) is 31.3 Å². The summed E-state index contributed by atoms with van der Waals surface area (Å²) in [4.78, 5) is 3.36. The number of aromatic nitrogens is 1. The van der Waals surface area contributed by atoms with E-state index in [1.165, 1.54) is 4.31 Å². The molecule has 1 aliphatic rings. The monoisotopic (exact) mass is 260 g/mol. The van der Waals surface area contributed by atoms with E-state index in [1.54, 1.807) is 0 Å². The maximum absolute atomic E-state index is 13.0. The fourth-order valence-electron chi connectivity index (χ4n) is 1.63. The number of aliphatic hydroxyl groups excluding tert-OH is 1. The van der Waals surface area contributed by atoms with Crippen molar-refractivity contribution in [2.75, 3.05) is 13.2 Å². The molecule has 94 valence electrons. The van der Waals surface area contributed by atoms with Gasteiger partial charge in [-0.15, -0.1) is 0 Å². The van der Waals surface area contributed by atoms with Crippen molar-refractivity contribution in [1.29, 1.82) is 0 Å². The van der Waals surface area contributed by atoms with E-state index in [4.69, 9.17) is 5.11 Å². The summed E-state index contributed by atoms with van der Waals surface area (Å²) in [6, 6.07) is 0.866. The number of halogens is 1. The van der Waals surface area contributed by atoms with E-state index in [-0.39, 0.29) is 24.1 Å². The van der Waals surface area contributed by atoms with Gasteiger partial charge in [-0.1, -0.05) is 0 Å². The van der Waals surface area contributed by atoms with Crippen molar-refractivity contribution >= 4 is 10.0 Å². The van der Waals surface area contributed by atoms with Gasteiger partial charge >= 0.3 is 0 Å². The fraction of sp³-hybridized carbons (Fsp3) is 0.500. The third kappa shape index (κ3) is 2.62. The molecular formula is C10H13FN2O3S. The van der Waals surface area contributed by atoms with Gasteiger partial charge in [0.2, 0.25) is 10.0 Å². The summed E-state index contributed by atoms with van der Waals surface area (Å²) in [6.07, 6.45) is 3.63. The van der Waals surface area contributed by atoms with E-state index < -0.39 is 15.8 Å². The highest BCUT2D eigenvalue weighted by Gasteiger charge is 2.37. The van der Waals surface area contributed by atoms with E-state index in [1.807, 2.05) is 0 Å². The van der Waals surface area contributed by atoms with Crippen LogP contribution < -0.4 is 0 Å². The number of aliphatic hydroxyl groups is 1. The molecule has 0 bridgehead atoms. The maximum atomic E-state index is 13.0. The molecule has 1 N–H and O–H groups in total. The van der Waals surface area contributed by atoms with Gasteiger partial charge in [0.15, 0.2) is 0 Å². The molecule has 17 heavy (non-hydrogen) atoms. The van der Waals surface area contributed by atoms with Crippen LogP contribution in [0.1, 0.15) is 12.8 Å². The third-order valence-corrected chi connectivity index (χ3v) is 4.48. The van der Waals surface area contributed by atoms with Crippen LogP contribution in [-0.4, -0.2) is 42.0 Å². The molecule has 1 aliphatic carbocycles. The second kappa shape index (κ2) is 4.67. The van der Waals surface area contributed by atoms with Crippen LogP contribution in [0.25, 0.3) is 0 Å². The Kier molecular flexibility index (Phi) is 3.41. The molecule has 1 saturated carbocycles. The van der Waals surface area contributed by atoms with Crippen LogP contribution in [-0.2, 0) is 10.0 Å². The lowest BCUT2D eigenvalue weighted by atomic mass is 10.5. The molecule has 0 saturated heterocycles. The predicted molar refractivity (Wildman–Crippen MR) is 58.2 cm³/mol. The number of hydrogen-bond acceptors (Lipinski definition) is 4. The van der Waals surface area contributed by atoms with Crippen LogP contribution in [0, 0.1) is 5.82 Å². The molecular weight excluding hydrogens is 247 g/mol. The number of nitrogens with zero attached hydrogens (tertiary/aromatic N) is 2. The average molecular weight is 260 g/mol. The molecule has 1 heterocycles. The Morgan fingerprint density at radius 3 is 2.71 bits per heavy atom. The summed E-state index contributed by atoms with van der Waals surface area (Å²) in [5, 5.41) is 8.88. The normalized spacial score (nSPS) is 16.4. The van der Waals surface area contributed by atoms with Gasteiger partial charge < -0.3 is 5.11 Å². The molecule has 1 aromatic rings. The molecule has 1 aromatic heterocycles. The molecule has 5 nitrogen and oxygen atoms in total. The Morgan fingerprint density at radius 2 is 2.18 bits per heavy atom. The van der Waals surface area contributed by atoms with E-state index in [0.29, 0.717) is 0 Å². The zero-order valence-electron chi connectivity index (χ0n) is 9.08. The summed E-state index contributed by atoms with van der Waals surface area (Å²) in [5.41, 5.74) is 0. The van der Waals surface area contributed by atoms with Gasteiger partial charge in [0.1, 0.15) is 10.7 Å². The molecule has 0 amide bonds. The number of sulfonamides is 1. The smallest absolute Gasteiger partial charge is 0.245 e. The summed E-state index contributed by atoms with van der Waals surface area (Å²) in [7, 11) is -3.75. The minimum absolute atomic E-state index is 0.0313.